The molecule has 0 amide bonds. The molecule has 0 saturated carbocycles. The van der Waals surface area contributed by atoms with Crippen LogP contribution >= 0.6 is 0 Å². The van der Waals surface area contributed by atoms with Crippen LogP contribution in [-0.2, 0) is 6.42 Å². The van der Waals surface area contributed by atoms with Crippen LogP contribution in [0.3, 0.4) is 0 Å². The maximum absolute atomic E-state index is 13.2. The highest BCUT2D eigenvalue weighted by Gasteiger charge is 2.16. The Balaban J connectivity index is 1.68. The van der Waals surface area contributed by atoms with E-state index in [-0.39, 0.29) is 5.78 Å². The Morgan fingerprint density at radius 3 is 2.52 bits per heavy atom. The summed E-state index contributed by atoms with van der Waals surface area (Å²) in [7, 11) is 0. The number of hydrogen-bond donors (Lipinski definition) is 1. The minimum Gasteiger partial charge on any atom is -0.493 e. The van der Waals surface area contributed by atoms with E-state index >= 15 is 0 Å². The van der Waals surface area contributed by atoms with E-state index < -0.39 is 0 Å². The molecule has 0 atom stereocenters. The number of ketones is 1. The standard InChI is InChI=1S/C26H31NO2/c1-2-18-27-19-9-20-29-25-17-16-22-13-6-7-14-23(22)26(25)24(28)15-8-12-21-10-4-3-5-11-21/h3-7,10-11,13-14,16-17,27H,2,8-9,12,15,18-20H2,1H3. The largest absolute Gasteiger partial charge is 0.493 e. The summed E-state index contributed by atoms with van der Waals surface area (Å²) in [5.74, 6) is 0.876. The van der Waals surface area contributed by atoms with Crippen LogP contribution in [0.25, 0.3) is 10.8 Å². The van der Waals surface area contributed by atoms with Gasteiger partial charge in [0.15, 0.2) is 5.78 Å². The summed E-state index contributed by atoms with van der Waals surface area (Å²) < 4.78 is 6.05. The van der Waals surface area contributed by atoms with E-state index in [2.05, 4.69) is 30.4 Å². The number of hydrogen-bond acceptors (Lipinski definition) is 3. The molecule has 0 aliphatic heterocycles. The fourth-order valence-electron chi connectivity index (χ4n) is 3.56. The SMILES string of the molecule is CCCNCCCOc1ccc2ccccc2c1C(=O)CCCc1ccccc1. The first kappa shape index (κ1) is 21.1. The fraction of sp³-hybridized carbons (Fsp3) is 0.346. The Labute approximate surface area is 174 Å². The summed E-state index contributed by atoms with van der Waals surface area (Å²) in [6.45, 7) is 4.73. The van der Waals surface area contributed by atoms with E-state index in [4.69, 9.17) is 4.74 Å². The molecule has 1 N–H and O–H groups in total. The van der Waals surface area contributed by atoms with Crippen LogP contribution in [0.2, 0.25) is 0 Å². The summed E-state index contributed by atoms with van der Waals surface area (Å²) in [6.07, 6.45) is 4.34. The number of fused-ring (bicyclic) bond motifs is 1. The average Bonchev–Trinajstić information content (AvgIpc) is 2.76. The molecule has 0 unspecified atom stereocenters. The summed E-state index contributed by atoms with van der Waals surface area (Å²) >= 11 is 0. The molecule has 3 rings (SSSR count). The highest BCUT2D eigenvalue weighted by molar-refractivity contribution is 6.10. The third-order valence-corrected chi connectivity index (χ3v) is 5.06. The van der Waals surface area contributed by atoms with Gasteiger partial charge in [0.25, 0.3) is 0 Å². The molecule has 3 aromatic rings. The lowest BCUT2D eigenvalue weighted by Crippen LogP contribution is -2.18. The van der Waals surface area contributed by atoms with Gasteiger partial charge in [-0.2, -0.15) is 0 Å². The third kappa shape index (κ3) is 6.16. The van der Waals surface area contributed by atoms with Crippen molar-refractivity contribution in [1.82, 2.24) is 5.32 Å². The lowest BCUT2D eigenvalue weighted by molar-refractivity contribution is 0.0978. The topological polar surface area (TPSA) is 38.3 Å². The average molecular weight is 390 g/mol. The number of rotatable bonds is 12. The normalized spacial score (nSPS) is 10.9. The maximum atomic E-state index is 13.2. The molecule has 0 fully saturated rings. The van der Waals surface area contributed by atoms with Gasteiger partial charge in [-0.05, 0) is 61.2 Å². The highest BCUT2D eigenvalue weighted by Crippen LogP contribution is 2.30. The maximum Gasteiger partial charge on any atom is 0.167 e. The molecule has 0 radical (unpaired) electrons. The third-order valence-electron chi connectivity index (χ3n) is 5.06. The van der Waals surface area contributed by atoms with Gasteiger partial charge in [0.05, 0.1) is 12.2 Å². The molecule has 3 aromatic carbocycles. The van der Waals surface area contributed by atoms with Gasteiger partial charge in [0.1, 0.15) is 5.75 Å². The molecule has 0 bridgehead atoms. The Morgan fingerprint density at radius 1 is 0.897 bits per heavy atom. The molecule has 152 valence electrons. The van der Waals surface area contributed by atoms with E-state index in [9.17, 15) is 4.79 Å². The Morgan fingerprint density at radius 2 is 1.69 bits per heavy atom. The summed E-state index contributed by atoms with van der Waals surface area (Å²) in [6, 6.07) is 22.4. The molecule has 3 nitrogen and oxygen atoms in total. The first-order valence-electron chi connectivity index (χ1n) is 10.7. The molecule has 3 heteroatoms. The van der Waals surface area contributed by atoms with Gasteiger partial charge >= 0.3 is 0 Å². The van der Waals surface area contributed by atoms with Crippen LogP contribution in [0, 0.1) is 0 Å². The van der Waals surface area contributed by atoms with Crippen molar-refractivity contribution >= 4 is 16.6 Å². The summed E-state index contributed by atoms with van der Waals surface area (Å²) in [5, 5.41) is 5.45. The zero-order valence-corrected chi connectivity index (χ0v) is 17.3. The van der Waals surface area contributed by atoms with Crippen molar-refractivity contribution in [3.63, 3.8) is 0 Å². The molecule has 0 aromatic heterocycles. The lowest BCUT2D eigenvalue weighted by Gasteiger charge is -2.14. The number of ether oxygens (including phenoxy) is 1. The predicted molar refractivity (Wildman–Crippen MR) is 121 cm³/mol. The van der Waals surface area contributed by atoms with Crippen molar-refractivity contribution in [2.24, 2.45) is 0 Å². The summed E-state index contributed by atoms with van der Waals surface area (Å²) in [4.78, 5) is 13.2. The molecule has 0 spiro atoms. The molecule has 29 heavy (non-hydrogen) atoms. The zero-order chi connectivity index (χ0) is 20.3. The number of nitrogens with one attached hydrogen (secondary N) is 1. The Kier molecular flexibility index (Phi) is 8.26. The van der Waals surface area contributed by atoms with Crippen LogP contribution in [0.1, 0.15) is 48.5 Å². The zero-order valence-electron chi connectivity index (χ0n) is 17.3. The number of benzene rings is 3. The minimum absolute atomic E-state index is 0.164. The first-order chi connectivity index (χ1) is 14.3. The molecular formula is C26H31NO2. The summed E-state index contributed by atoms with van der Waals surface area (Å²) in [5.41, 5.74) is 2.01. The second-order valence-corrected chi connectivity index (χ2v) is 7.37. The molecule has 0 aliphatic rings. The highest BCUT2D eigenvalue weighted by atomic mass is 16.5. The van der Waals surface area contributed by atoms with Crippen LogP contribution in [0.4, 0.5) is 0 Å². The first-order valence-corrected chi connectivity index (χ1v) is 10.7. The molecular weight excluding hydrogens is 358 g/mol. The lowest BCUT2D eigenvalue weighted by atomic mass is 9.96. The van der Waals surface area contributed by atoms with Crippen LogP contribution in [0.5, 0.6) is 5.75 Å². The van der Waals surface area contributed by atoms with E-state index in [0.29, 0.717) is 18.8 Å². The van der Waals surface area contributed by atoms with Crippen molar-refractivity contribution in [2.75, 3.05) is 19.7 Å². The second kappa shape index (κ2) is 11.4. The molecule has 0 saturated heterocycles. The monoisotopic (exact) mass is 389 g/mol. The van der Waals surface area contributed by atoms with Crippen molar-refractivity contribution < 1.29 is 9.53 Å². The van der Waals surface area contributed by atoms with Gasteiger partial charge in [0, 0.05) is 6.42 Å². The van der Waals surface area contributed by atoms with Gasteiger partial charge in [-0.1, -0.05) is 67.6 Å². The number of carbonyl (C=O) groups is 1. The van der Waals surface area contributed by atoms with E-state index in [1.165, 1.54) is 5.56 Å². The smallest absolute Gasteiger partial charge is 0.167 e. The van der Waals surface area contributed by atoms with Crippen LogP contribution in [-0.4, -0.2) is 25.5 Å². The van der Waals surface area contributed by atoms with E-state index in [0.717, 1.165) is 55.1 Å². The van der Waals surface area contributed by atoms with Gasteiger partial charge in [0.2, 0.25) is 0 Å². The number of aryl methyl sites for hydroxylation is 1. The number of carbonyl (C=O) groups excluding carboxylic acids is 1. The van der Waals surface area contributed by atoms with Crippen molar-refractivity contribution in [1.29, 1.82) is 0 Å². The van der Waals surface area contributed by atoms with Gasteiger partial charge < -0.3 is 10.1 Å². The Hall–Kier alpha value is -2.65. The van der Waals surface area contributed by atoms with E-state index in [1.54, 1.807) is 0 Å². The second-order valence-electron chi connectivity index (χ2n) is 7.37. The van der Waals surface area contributed by atoms with Crippen LogP contribution in [0.15, 0.2) is 66.7 Å². The predicted octanol–water partition coefficient (Wildman–Crippen LogP) is 5.81. The van der Waals surface area contributed by atoms with Gasteiger partial charge in [-0.3, -0.25) is 4.79 Å². The van der Waals surface area contributed by atoms with E-state index in [1.807, 2.05) is 48.5 Å². The number of Topliss-reactive ketones (excluding diaryl/α,β-unsaturated/α-hetero) is 1. The van der Waals surface area contributed by atoms with Crippen molar-refractivity contribution in [2.45, 2.75) is 39.0 Å². The Bertz CT molecular complexity index is 905. The van der Waals surface area contributed by atoms with Crippen molar-refractivity contribution in [3.8, 4) is 5.75 Å². The van der Waals surface area contributed by atoms with Gasteiger partial charge in [-0.15, -0.1) is 0 Å². The minimum atomic E-state index is 0.164. The quantitative estimate of drug-likeness (QED) is 0.314. The fourth-order valence-corrected chi connectivity index (χ4v) is 3.56. The molecule has 0 heterocycles. The molecule has 0 aliphatic carbocycles. The van der Waals surface area contributed by atoms with Gasteiger partial charge in [-0.25, -0.2) is 0 Å². The van der Waals surface area contributed by atoms with Crippen molar-refractivity contribution in [3.05, 3.63) is 77.9 Å². The van der Waals surface area contributed by atoms with Crippen LogP contribution < -0.4 is 10.1 Å².